The molecule has 2 rings (SSSR count). The van der Waals surface area contributed by atoms with Gasteiger partial charge in [-0.1, -0.05) is 12.1 Å². The van der Waals surface area contributed by atoms with Crippen molar-refractivity contribution in [1.82, 2.24) is 4.98 Å². The average molecular weight is 230 g/mol. The molecule has 0 aliphatic heterocycles. The van der Waals surface area contributed by atoms with Gasteiger partial charge in [-0.05, 0) is 39.3 Å². The summed E-state index contributed by atoms with van der Waals surface area (Å²) in [4.78, 5) is 7.40. The van der Waals surface area contributed by atoms with Crippen molar-refractivity contribution in [2.45, 2.75) is 33.2 Å². The van der Waals surface area contributed by atoms with E-state index in [4.69, 9.17) is 0 Å². The van der Waals surface area contributed by atoms with Crippen LogP contribution in [0.15, 0.2) is 23.2 Å². The number of nitrogens with one attached hydrogen (secondary N) is 1. The number of aliphatic imine (C=N–C) groups is 1. The van der Waals surface area contributed by atoms with Gasteiger partial charge >= 0.3 is 0 Å². The van der Waals surface area contributed by atoms with Gasteiger partial charge in [0.2, 0.25) is 0 Å². The Morgan fingerprint density at radius 3 is 2.65 bits per heavy atom. The molecule has 0 bridgehead atoms. The lowest BCUT2D eigenvalue weighted by Gasteiger charge is -2.10. The quantitative estimate of drug-likeness (QED) is 0.725. The molecule has 0 aliphatic rings. The zero-order valence-electron chi connectivity index (χ0n) is 10.7. The fourth-order valence-corrected chi connectivity index (χ4v) is 1.71. The van der Waals surface area contributed by atoms with Gasteiger partial charge < -0.3 is 10.1 Å². The van der Waals surface area contributed by atoms with E-state index < -0.39 is 0 Å². The van der Waals surface area contributed by atoms with E-state index in [0.717, 1.165) is 22.0 Å². The molecule has 1 aromatic carbocycles. The minimum absolute atomic E-state index is 0.138. The molecule has 3 heteroatoms. The maximum Gasteiger partial charge on any atom is 0.198 e. The lowest BCUT2D eigenvalue weighted by atomic mass is 10.1. The van der Waals surface area contributed by atoms with Crippen molar-refractivity contribution in [3.8, 4) is 5.88 Å². The van der Waals surface area contributed by atoms with Gasteiger partial charge in [0.05, 0.1) is 11.1 Å². The monoisotopic (exact) mass is 230 g/mol. The molecular formula is C14H18N2O. The largest absolute Gasteiger partial charge is 0.494 e. The van der Waals surface area contributed by atoms with Crippen molar-refractivity contribution >= 4 is 17.1 Å². The molecule has 3 nitrogen and oxygen atoms in total. The Balaban J connectivity index is 2.54. The van der Waals surface area contributed by atoms with Crippen LogP contribution >= 0.6 is 0 Å². The second kappa shape index (κ2) is 3.91. The molecule has 2 aromatic rings. The number of aromatic hydroxyl groups is 1. The number of fused-ring (bicyclic) bond motifs is 1. The van der Waals surface area contributed by atoms with Crippen LogP contribution in [-0.2, 0) is 0 Å². The van der Waals surface area contributed by atoms with E-state index in [1.165, 1.54) is 0 Å². The maximum atomic E-state index is 9.88. The van der Waals surface area contributed by atoms with Gasteiger partial charge in [-0.25, -0.2) is 0 Å². The highest BCUT2D eigenvalue weighted by Gasteiger charge is 2.11. The number of aryl methyl sites for hydroxylation is 1. The highest BCUT2D eigenvalue weighted by Crippen LogP contribution is 2.26. The third-order valence-electron chi connectivity index (χ3n) is 2.55. The van der Waals surface area contributed by atoms with Crippen LogP contribution in [0.2, 0.25) is 0 Å². The Hall–Kier alpha value is -1.77. The molecule has 1 heterocycles. The summed E-state index contributed by atoms with van der Waals surface area (Å²) < 4.78 is 0. The van der Waals surface area contributed by atoms with Crippen LogP contribution < -0.4 is 0 Å². The Bertz CT molecular complexity index is 574. The zero-order chi connectivity index (χ0) is 12.6. The number of hydrogen-bond donors (Lipinski definition) is 2. The lowest BCUT2D eigenvalue weighted by Crippen LogP contribution is -2.09. The predicted molar refractivity (Wildman–Crippen MR) is 72.0 cm³/mol. The van der Waals surface area contributed by atoms with Gasteiger partial charge in [-0.2, -0.15) is 0 Å². The molecule has 0 spiro atoms. The molecule has 0 aliphatic carbocycles. The van der Waals surface area contributed by atoms with Gasteiger partial charge in [0, 0.05) is 17.1 Å². The summed E-state index contributed by atoms with van der Waals surface area (Å²) in [6.45, 7) is 8.11. The Morgan fingerprint density at radius 2 is 2.00 bits per heavy atom. The molecule has 1 aromatic heterocycles. The number of benzene rings is 1. The van der Waals surface area contributed by atoms with Crippen LogP contribution in [0.5, 0.6) is 5.88 Å². The van der Waals surface area contributed by atoms with Crippen LogP contribution in [0, 0.1) is 6.92 Å². The molecule has 0 saturated carbocycles. The van der Waals surface area contributed by atoms with E-state index in [1.54, 1.807) is 6.21 Å². The van der Waals surface area contributed by atoms with Crippen LogP contribution in [0.4, 0.5) is 0 Å². The van der Waals surface area contributed by atoms with E-state index in [2.05, 4.69) is 9.98 Å². The first-order valence-electron chi connectivity index (χ1n) is 5.73. The molecule has 0 saturated heterocycles. The molecule has 0 atom stereocenters. The molecule has 90 valence electrons. The molecule has 0 unspecified atom stereocenters. The van der Waals surface area contributed by atoms with E-state index in [0.29, 0.717) is 0 Å². The normalized spacial score (nSPS) is 12.7. The predicted octanol–water partition coefficient (Wildman–Crippen LogP) is 3.40. The average Bonchev–Trinajstić information content (AvgIpc) is 2.48. The summed E-state index contributed by atoms with van der Waals surface area (Å²) in [5, 5.41) is 10.9. The summed E-state index contributed by atoms with van der Waals surface area (Å²) >= 11 is 0. The van der Waals surface area contributed by atoms with Crippen LogP contribution in [0.1, 0.15) is 31.9 Å². The Labute approximate surface area is 101 Å². The smallest absolute Gasteiger partial charge is 0.198 e. The van der Waals surface area contributed by atoms with Crippen LogP contribution in [0.3, 0.4) is 0 Å². The second-order valence-electron chi connectivity index (χ2n) is 5.37. The van der Waals surface area contributed by atoms with Gasteiger partial charge in [0.15, 0.2) is 5.88 Å². The van der Waals surface area contributed by atoms with E-state index >= 15 is 0 Å². The first-order valence-corrected chi connectivity index (χ1v) is 5.73. The van der Waals surface area contributed by atoms with Crippen molar-refractivity contribution in [2.24, 2.45) is 4.99 Å². The third-order valence-corrected chi connectivity index (χ3v) is 2.55. The number of aromatic amines is 1. The summed E-state index contributed by atoms with van der Waals surface area (Å²) in [7, 11) is 0. The number of H-pyrrole nitrogens is 1. The summed E-state index contributed by atoms with van der Waals surface area (Å²) in [6, 6.07) is 6.05. The van der Waals surface area contributed by atoms with Crippen molar-refractivity contribution in [1.29, 1.82) is 0 Å². The van der Waals surface area contributed by atoms with E-state index in [1.807, 2.05) is 45.9 Å². The molecule has 0 radical (unpaired) electrons. The van der Waals surface area contributed by atoms with Crippen molar-refractivity contribution < 1.29 is 5.11 Å². The third kappa shape index (κ3) is 2.49. The number of rotatable bonds is 1. The maximum absolute atomic E-state index is 9.88. The van der Waals surface area contributed by atoms with Crippen molar-refractivity contribution in [3.63, 3.8) is 0 Å². The summed E-state index contributed by atoms with van der Waals surface area (Å²) in [5.41, 5.74) is 2.73. The van der Waals surface area contributed by atoms with Crippen molar-refractivity contribution in [2.75, 3.05) is 0 Å². The Kier molecular flexibility index (Phi) is 2.69. The number of aromatic nitrogens is 1. The minimum atomic E-state index is -0.138. The van der Waals surface area contributed by atoms with Gasteiger partial charge in [0.1, 0.15) is 0 Å². The van der Waals surface area contributed by atoms with Gasteiger partial charge in [-0.15, -0.1) is 0 Å². The highest BCUT2D eigenvalue weighted by atomic mass is 16.3. The molecule has 2 N–H and O–H groups in total. The van der Waals surface area contributed by atoms with Gasteiger partial charge in [-0.3, -0.25) is 4.99 Å². The standard InChI is InChI=1S/C14H18N2O/c1-9-5-6-10-11(8-15-14(2,3)4)13(17)16-12(10)7-9/h5-8,16-17H,1-4H3. The molecule has 0 amide bonds. The molecule has 17 heavy (non-hydrogen) atoms. The highest BCUT2D eigenvalue weighted by molar-refractivity contribution is 6.02. The van der Waals surface area contributed by atoms with Crippen LogP contribution in [0.25, 0.3) is 10.9 Å². The second-order valence-corrected chi connectivity index (χ2v) is 5.37. The van der Waals surface area contributed by atoms with Crippen molar-refractivity contribution in [3.05, 3.63) is 29.3 Å². The lowest BCUT2D eigenvalue weighted by molar-refractivity contribution is 0.457. The SMILES string of the molecule is Cc1ccc2c(C=NC(C)(C)C)c(O)[nH]c2c1. The first-order chi connectivity index (χ1) is 7.87. The molecule has 0 fully saturated rings. The van der Waals surface area contributed by atoms with E-state index in [-0.39, 0.29) is 11.4 Å². The van der Waals surface area contributed by atoms with Gasteiger partial charge in [0.25, 0.3) is 0 Å². The number of hydrogen-bond acceptors (Lipinski definition) is 2. The first kappa shape index (κ1) is 11.7. The zero-order valence-corrected chi connectivity index (χ0v) is 10.7. The minimum Gasteiger partial charge on any atom is -0.494 e. The summed E-state index contributed by atoms with van der Waals surface area (Å²) in [5.74, 6) is 0.179. The van der Waals surface area contributed by atoms with Crippen LogP contribution in [-0.4, -0.2) is 21.8 Å². The summed E-state index contributed by atoms with van der Waals surface area (Å²) in [6.07, 6.45) is 1.74. The topological polar surface area (TPSA) is 48.4 Å². The Morgan fingerprint density at radius 1 is 1.29 bits per heavy atom. The fourth-order valence-electron chi connectivity index (χ4n) is 1.71. The molecular weight excluding hydrogens is 212 g/mol. The van der Waals surface area contributed by atoms with E-state index in [9.17, 15) is 5.11 Å². The number of nitrogens with zero attached hydrogens (tertiary/aromatic N) is 1. The fraction of sp³-hybridized carbons (Fsp3) is 0.357.